The maximum absolute atomic E-state index is 11.1. The molecule has 0 saturated heterocycles. The molecule has 0 atom stereocenters. The summed E-state index contributed by atoms with van der Waals surface area (Å²) in [6, 6.07) is 14.8. The molecule has 0 bridgehead atoms. The number of tetrazole rings is 1. The molecule has 1 N–H and O–H groups in total. The van der Waals surface area contributed by atoms with Crippen molar-refractivity contribution in [2.45, 2.75) is 6.61 Å². The second-order valence-corrected chi connectivity index (χ2v) is 5.50. The first-order chi connectivity index (χ1) is 13.2. The number of H-pyrrole nitrogens is 1. The molecule has 2 aromatic carbocycles. The van der Waals surface area contributed by atoms with Gasteiger partial charge in [0.1, 0.15) is 12.4 Å². The molecule has 2 aromatic heterocycles. The third-order valence-electron chi connectivity index (χ3n) is 3.77. The van der Waals surface area contributed by atoms with Crippen LogP contribution in [-0.2, 0) is 6.61 Å². The fourth-order valence-electron chi connectivity index (χ4n) is 2.44. The van der Waals surface area contributed by atoms with Gasteiger partial charge < -0.3 is 9.47 Å². The Morgan fingerprint density at radius 3 is 2.78 bits per heavy atom. The number of aromatic amines is 1. The van der Waals surface area contributed by atoms with E-state index in [1.807, 2.05) is 24.3 Å². The van der Waals surface area contributed by atoms with Crippen LogP contribution >= 0.6 is 0 Å². The van der Waals surface area contributed by atoms with Crippen LogP contribution in [0.1, 0.15) is 5.56 Å². The van der Waals surface area contributed by atoms with Crippen LogP contribution in [0.4, 0.5) is 0 Å². The van der Waals surface area contributed by atoms with Crippen molar-refractivity contribution in [2.24, 2.45) is 0 Å². The Morgan fingerprint density at radius 2 is 2.04 bits per heavy atom. The Morgan fingerprint density at radius 1 is 1.19 bits per heavy atom. The van der Waals surface area contributed by atoms with Gasteiger partial charge in [-0.3, -0.25) is 9.51 Å². The average molecular weight is 366 g/mol. The fraction of sp³-hybridized carbons (Fsp3) is 0.118. The van der Waals surface area contributed by atoms with E-state index in [9.17, 15) is 4.79 Å². The Hall–Kier alpha value is -3.95. The van der Waals surface area contributed by atoms with Crippen molar-refractivity contribution in [3.05, 3.63) is 64.6 Å². The zero-order valence-electron chi connectivity index (χ0n) is 14.2. The largest absolute Gasteiger partial charge is 0.497 e. The maximum Gasteiger partial charge on any atom is 0.439 e. The van der Waals surface area contributed by atoms with E-state index in [-0.39, 0.29) is 6.01 Å². The SMILES string of the molecule is COc1ccc(COc2nnnn2-c2cccc(-c3noc(=O)[nH]3)c2)cc1. The van der Waals surface area contributed by atoms with Crippen LogP contribution in [0.3, 0.4) is 0 Å². The van der Waals surface area contributed by atoms with Gasteiger partial charge in [-0.25, -0.2) is 4.79 Å². The summed E-state index contributed by atoms with van der Waals surface area (Å²) in [5.41, 5.74) is 2.24. The summed E-state index contributed by atoms with van der Waals surface area (Å²) in [5.74, 6) is 0.461. The molecule has 0 aliphatic rings. The minimum atomic E-state index is -0.624. The van der Waals surface area contributed by atoms with Crippen LogP contribution in [0.5, 0.6) is 11.8 Å². The van der Waals surface area contributed by atoms with Gasteiger partial charge >= 0.3 is 11.8 Å². The normalized spacial score (nSPS) is 10.7. The predicted octanol–water partition coefficient (Wildman–Crippen LogP) is 1.59. The molecule has 0 aliphatic heterocycles. The quantitative estimate of drug-likeness (QED) is 0.546. The molecule has 4 aromatic rings. The zero-order chi connectivity index (χ0) is 18.6. The van der Waals surface area contributed by atoms with Crippen LogP contribution in [0.25, 0.3) is 17.1 Å². The van der Waals surface area contributed by atoms with E-state index in [1.165, 1.54) is 4.68 Å². The number of aromatic nitrogens is 6. The molecule has 0 spiro atoms. The Bertz CT molecular complexity index is 1100. The van der Waals surface area contributed by atoms with E-state index in [0.29, 0.717) is 23.7 Å². The number of nitrogens with one attached hydrogen (secondary N) is 1. The summed E-state index contributed by atoms with van der Waals surface area (Å²) in [7, 11) is 1.61. The monoisotopic (exact) mass is 366 g/mol. The highest BCUT2D eigenvalue weighted by molar-refractivity contribution is 5.58. The highest BCUT2D eigenvalue weighted by Crippen LogP contribution is 2.21. The van der Waals surface area contributed by atoms with E-state index in [0.717, 1.165) is 11.3 Å². The lowest BCUT2D eigenvalue weighted by Crippen LogP contribution is -2.04. The molecular formula is C17H14N6O4. The molecule has 136 valence electrons. The van der Waals surface area contributed by atoms with Crippen molar-refractivity contribution in [1.29, 1.82) is 0 Å². The summed E-state index contributed by atoms with van der Waals surface area (Å²) in [4.78, 5) is 13.6. The number of nitrogens with zero attached hydrogens (tertiary/aromatic N) is 5. The van der Waals surface area contributed by atoms with Crippen LogP contribution in [0, 0.1) is 0 Å². The zero-order valence-corrected chi connectivity index (χ0v) is 14.2. The highest BCUT2D eigenvalue weighted by Gasteiger charge is 2.12. The lowest BCUT2D eigenvalue weighted by molar-refractivity contribution is 0.272. The third-order valence-corrected chi connectivity index (χ3v) is 3.77. The van der Waals surface area contributed by atoms with Crippen molar-refractivity contribution in [3.8, 4) is 28.8 Å². The summed E-state index contributed by atoms with van der Waals surface area (Å²) >= 11 is 0. The van der Waals surface area contributed by atoms with Crippen LogP contribution < -0.4 is 15.2 Å². The number of rotatable bonds is 6. The number of benzene rings is 2. The van der Waals surface area contributed by atoms with Crippen molar-refractivity contribution in [1.82, 2.24) is 30.3 Å². The molecule has 0 radical (unpaired) electrons. The molecule has 27 heavy (non-hydrogen) atoms. The predicted molar refractivity (Wildman–Crippen MR) is 92.6 cm³/mol. The molecule has 0 unspecified atom stereocenters. The molecule has 10 nitrogen and oxygen atoms in total. The van der Waals surface area contributed by atoms with Crippen LogP contribution in [-0.4, -0.2) is 37.5 Å². The first-order valence-corrected chi connectivity index (χ1v) is 7.94. The average Bonchev–Trinajstić information content (AvgIpc) is 3.36. The smallest absolute Gasteiger partial charge is 0.439 e. The van der Waals surface area contributed by atoms with Gasteiger partial charge in [0.2, 0.25) is 0 Å². The van der Waals surface area contributed by atoms with Gasteiger partial charge in [-0.15, -0.1) is 0 Å². The van der Waals surface area contributed by atoms with Gasteiger partial charge in [0.25, 0.3) is 0 Å². The van der Waals surface area contributed by atoms with Gasteiger partial charge in [-0.1, -0.05) is 34.5 Å². The van der Waals surface area contributed by atoms with Crippen molar-refractivity contribution in [2.75, 3.05) is 7.11 Å². The molecule has 0 fully saturated rings. The minimum Gasteiger partial charge on any atom is -0.497 e. The molecular weight excluding hydrogens is 352 g/mol. The second-order valence-electron chi connectivity index (χ2n) is 5.50. The number of methoxy groups -OCH3 is 1. The van der Waals surface area contributed by atoms with Crippen LogP contribution in [0.2, 0.25) is 0 Å². The number of hydrogen-bond donors (Lipinski definition) is 1. The second kappa shape index (κ2) is 7.12. The van der Waals surface area contributed by atoms with E-state index in [4.69, 9.17) is 9.47 Å². The Kier molecular flexibility index (Phi) is 4.35. The van der Waals surface area contributed by atoms with Gasteiger partial charge in [-0.2, -0.15) is 4.68 Å². The summed E-state index contributed by atoms with van der Waals surface area (Å²) < 4.78 is 16.9. The third kappa shape index (κ3) is 3.54. The first kappa shape index (κ1) is 16.5. The van der Waals surface area contributed by atoms with Gasteiger partial charge in [0.15, 0.2) is 5.82 Å². The van der Waals surface area contributed by atoms with Gasteiger partial charge in [0, 0.05) is 5.56 Å². The van der Waals surface area contributed by atoms with E-state index in [1.54, 1.807) is 31.4 Å². The maximum atomic E-state index is 11.1. The molecule has 0 saturated carbocycles. The number of hydrogen-bond acceptors (Lipinski definition) is 8. The lowest BCUT2D eigenvalue weighted by atomic mass is 10.2. The lowest BCUT2D eigenvalue weighted by Gasteiger charge is -2.08. The molecule has 2 heterocycles. The van der Waals surface area contributed by atoms with Gasteiger partial charge in [-0.05, 0) is 40.3 Å². The van der Waals surface area contributed by atoms with Crippen molar-refractivity contribution >= 4 is 0 Å². The standard InChI is InChI=1S/C17H14N6O4/c1-25-14-7-5-11(6-8-14)10-26-16-19-21-22-23(16)13-4-2-3-12(9-13)15-18-17(24)27-20-15/h2-9H,10H2,1H3,(H,18,20,24). The summed E-state index contributed by atoms with van der Waals surface area (Å²) in [6.07, 6.45) is 0. The molecule has 10 heteroatoms. The Labute approximate surface area is 152 Å². The topological polar surface area (TPSA) is 121 Å². The van der Waals surface area contributed by atoms with E-state index < -0.39 is 5.76 Å². The minimum absolute atomic E-state index is 0.233. The highest BCUT2D eigenvalue weighted by atomic mass is 16.5. The van der Waals surface area contributed by atoms with Crippen molar-refractivity contribution < 1.29 is 14.0 Å². The van der Waals surface area contributed by atoms with Gasteiger partial charge in [0.05, 0.1) is 12.8 Å². The van der Waals surface area contributed by atoms with Crippen molar-refractivity contribution in [3.63, 3.8) is 0 Å². The Balaban J connectivity index is 1.55. The van der Waals surface area contributed by atoms with E-state index >= 15 is 0 Å². The first-order valence-electron chi connectivity index (χ1n) is 7.94. The molecule has 0 amide bonds. The fourth-order valence-corrected chi connectivity index (χ4v) is 2.44. The van der Waals surface area contributed by atoms with Crippen LogP contribution in [0.15, 0.2) is 57.8 Å². The molecule has 4 rings (SSSR count). The van der Waals surface area contributed by atoms with E-state index in [2.05, 4.69) is 30.2 Å². The summed E-state index contributed by atoms with van der Waals surface area (Å²) in [5, 5.41) is 15.2. The number of ether oxygens (including phenoxy) is 2. The molecule has 0 aliphatic carbocycles. The summed E-state index contributed by atoms with van der Waals surface area (Å²) in [6.45, 7) is 0.292.